The lowest BCUT2D eigenvalue weighted by molar-refractivity contribution is -0.121. The molecule has 1 aliphatic rings. The van der Waals surface area contributed by atoms with Crippen LogP contribution in [0.5, 0.6) is 0 Å². The van der Waals surface area contributed by atoms with Gasteiger partial charge < -0.3 is 5.32 Å². The number of hydrogen-bond donors (Lipinski definition) is 1. The van der Waals surface area contributed by atoms with Crippen LogP contribution in [0.15, 0.2) is 28.7 Å². The van der Waals surface area contributed by atoms with Gasteiger partial charge in [0.1, 0.15) is 5.78 Å². The van der Waals surface area contributed by atoms with E-state index in [-0.39, 0.29) is 5.54 Å². The smallest absolute Gasteiger partial charge is 0.133 e. The van der Waals surface area contributed by atoms with Gasteiger partial charge in [-0.2, -0.15) is 0 Å². The lowest BCUT2D eigenvalue weighted by atomic mass is 9.76. The number of benzene rings is 1. The molecule has 2 rings (SSSR count). The normalized spacial score (nSPS) is 19.8. The first-order valence-electron chi connectivity index (χ1n) is 5.63. The van der Waals surface area contributed by atoms with Crippen LogP contribution in [0.1, 0.15) is 31.2 Å². The van der Waals surface area contributed by atoms with E-state index in [1.807, 2.05) is 7.05 Å². The maximum absolute atomic E-state index is 11.3. The molecule has 0 heterocycles. The van der Waals surface area contributed by atoms with Gasteiger partial charge >= 0.3 is 0 Å². The predicted molar refractivity (Wildman–Crippen MR) is 68.4 cm³/mol. The zero-order valence-corrected chi connectivity index (χ0v) is 11.0. The zero-order valence-electron chi connectivity index (χ0n) is 9.42. The van der Waals surface area contributed by atoms with E-state index in [1.54, 1.807) is 0 Å². The fourth-order valence-electron chi connectivity index (χ4n) is 2.41. The molecular formula is C13H16BrNO. The first kappa shape index (κ1) is 11.8. The number of hydrogen-bond acceptors (Lipinski definition) is 2. The molecule has 1 saturated carbocycles. The van der Waals surface area contributed by atoms with Gasteiger partial charge in [0.15, 0.2) is 0 Å². The van der Waals surface area contributed by atoms with Crippen molar-refractivity contribution in [2.45, 2.75) is 31.2 Å². The van der Waals surface area contributed by atoms with Crippen LogP contribution in [-0.2, 0) is 10.3 Å². The molecule has 0 unspecified atom stereocenters. The van der Waals surface area contributed by atoms with Crippen molar-refractivity contribution in [2.24, 2.45) is 0 Å². The van der Waals surface area contributed by atoms with Crippen molar-refractivity contribution in [3.8, 4) is 0 Å². The molecule has 1 N–H and O–H groups in total. The Labute approximate surface area is 105 Å². The highest BCUT2D eigenvalue weighted by atomic mass is 79.9. The minimum absolute atomic E-state index is 0.00535. The van der Waals surface area contributed by atoms with Gasteiger partial charge in [-0.15, -0.1) is 0 Å². The standard InChI is InChI=1S/C13H16BrNO/c1-15-13(8-6-12(16)7-9-13)10-2-4-11(14)5-3-10/h2-5,15H,6-9H2,1H3. The summed E-state index contributed by atoms with van der Waals surface area (Å²) in [5.74, 6) is 0.392. The van der Waals surface area contributed by atoms with Crippen molar-refractivity contribution >= 4 is 21.7 Å². The van der Waals surface area contributed by atoms with E-state index in [2.05, 4.69) is 45.5 Å². The topological polar surface area (TPSA) is 29.1 Å². The molecule has 1 aliphatic carbocycles. The molecule has 86 valence electrons. The third-order valence-corrected chi connectivity index (χ3v) is 4.07. The van der Waals surface area contributed by atoms with Crippen LogP contribution in [0.4, 0.5) is 0 Å². The minimum Gasteiger partial charge on any atom is -0.310 e. The summed E-state index contributed by atoms with van der Waals surface area (Å²) in [6.45, 7) is 0. The Kier molecular flexibility index (Phi) is 3.45. The van der Waals surface area contributed by atoms with Gasteiger partial charge in [-0.05, 0) is 37.6 Å². The molecule has 0 spiro atoms. The molecule has 1 aromatic rings. The number of carbonyl (C=O) groups excluding carboxylic acids is 1. The molecule has 0 radical (unpaired) electrons. The second-order valence-corrected chi connectivity index (χ2v) is 5.29. The Morgan fingerprint density at radius 3 is 2.25 bits per heavy atom. The van der Waals surface area contributed by atoms with Crippen molar-refractivity contribution in [2.75, 3.05) is 7.05 Å². The van der Waals surface area contributed by atoms with Gasteiger partial charge in [0.2, 0.25) is 0 Å². The maximum Gasteiger partial charge on any atom is 0.133 e. The van der Waals surface area contributed by atoms with Crippen molar-refractivity contribution in [3.63, 3.8) is 0 Å². The number of nitrogens with one attached hydrogen (secondary N) is 1. The first-order valence-corrected chi connectivity index (χ1v) is 6.42. The van der Waals surface area contributed by atoms with Gasteiger partial charge in [0, 0.05) is 22.9 Å². The van der Waals surface area contributed by atoms with Gasteiger partial charge in [0.25, 0.3) is 0 Å². The average molecular weight is 282 g/mol. The van der Waals surface area contributed by atoms with Gasteiger partial charge in [-0.25, -0.2) is 0 Å². The Bertz CT molecular complexity index is 375. The van der Waals surface area contributed by atoms with Gasteiger partial charge in [-0.1, -0.05) is 28.1 Å². The molecule has 0 amide bonds. The Balaban J connectivity index is 2.27. The van der Waals surface area contributed by atoms with Crippen molar-refractivity contribution in [1.29, 1.82) is 0 Å². The van der Waals surface area contributed by atoms with Crippen LogP contribution in [0.2, 0.25) is 0 Å². The highest BCUT2D eigenvalue weighted by Crippen LogP contribution is 2.35. The van der Waals surface area contributed by atoms with Crippen LogP contribution >= 0.6 is 15.9 Å². The van der Waals surface area contributed by atoms with E-state index in [0.29, 0.717) is 18.6 Å². The second kappa shape index (κ2) is 4.68. The molecular weight excluding hydrogens is 266 g/mol. The van der Waals surface area contributed by atoms with E-state index in [9.17, 15) is 4.79 Å². The zero-order chi connectivity index (χ0) is 11.6. The molecule has 3 heteroatoms. The molecule has 0 bridgehead atoms. The van der Waals surface area contributed by atoms with E-state index in [4.69, 9.17) is 0 Å². The highest BCUT2D eigenvalue weighted by Gasteiger charge is 2.34. The van der Waals surface area contributed by atoms with E-state index in [0.717, 1.165) is 17.3 Å². The lowest BCUT2D eigenvalue weighted by Crippen LogP contribution is -2.43. The van der Waals surface area contributed by atoms with E-state index < -0.39 is 0 Å². The third kappa shape index (κ3) is 2.20. The molecule has 1 aromatic carbocycles. The molecule has 1 fully saturated rings. The summed E-state index contributed by atoms with van der Waals surface area (Å²) >= 11 is 3.44. The second-order valence-electron chi connectivity index (χ2n) is 4.38. The molecule has 0 aliphatic heterocycles. The largest absolute Gasteiger partial charge is 0.310 e. The molecule has 0 saturated heterocycles. The average Bonchev–Trinajstić information content (AvgIpc) is 2.32. The monoisotopic (exact) mass is 281 g/mol. The van der Waals surface area contributed by atoms with Crippen molar-refractivity contribution in [1.82, 2.24) is 5.32 Å². The minimum atomic E-state index is -0.00535. The van der Waals surface area contributed by atoms with Crippen LogP contribution in [0.25, 0.3) is 0 Å². The van der Waals surface area contributed by atoms with E-state index >= 15 is 0 Å². The van der Waals surface area contributed by atoms with Crippen LogP contribution < -0.4 is 5.32 Å². The summed E-state index contributed by atoms with van der Waals surface area (Å²) in [5, 5.41) is 3.41. The lowest BCUT2D eigenvalue weighted by Gasteiger charge is -2.37. The molecule has 0 aromatic heterocycles. The summed E-state index contributed by atoms with van der Waals surface area (Å²) in [6, 6.07) is 8.39. The summed E-state index contributed by atoms with van der Waals surface area (Å²) in [7, 11) is 1.98. The summed E-state index contributed by atoms with van der Waals surface area (Å²) in [5.41, 5.74) is 1.28. The summed E-state index contributed by atoms with van der Waals surface area (Å²) in [6.07, 6.45) is 3.20. The van der Waals surface area contributed by atoms with Gasteiger partial charge in [0.05, 0.1) is 0 Å². The summed E-state index contributed by atoms with van der Waals surface area (Å²) < 4.78 is 1.09. The highest BCUT2D eigenvalue weighted by molar-refractivity contribution is 9.10. The van der Waals surface area contributed by atoms with Crippen molar-refractivity contribution < 1.29 is 4.79 Å². The number of carbonyl (C=O) groups is 1. The number of rotatable bonds is 2. The summed E-state index contributed by atoms with van der Waals surface area (Å²) in [4.78, 5) is 11.3. The Morgan fingerprint density at radius 1 is 1.19 bits per heavy atom. The fourth-order valence-corrected chi connectivity index (χ4v) is 2.67. The third-order valence-electron chi connectivity index (χ3n) is 3.54. The molecule has 16 heavy (non-hydrogen) atoms. The Hall–Kier alpha value is -0.670. The predicted octanol–water partition coefficient (Wildman–Crippen LogP) is 3.01. The number of ketones is 1. The van der Waals surface area contributed by atoms with Crippen LogP contribution in [0.3, 0.4) is 0 Å². The Morgan fingerprint density at radius 2 is 1.75 bits per heavy atom. The van der Waals surface area contributed by atoms with Crippen LogP contribution in [-0.4, -0.2) is 12.8 Å². The SMILES string of the molecule is CNC1(c2ccc(Br)cc2)CCC(=O)CC1. The maximum atomic E-state index is 11.3. The van der Waals surface area contributed by atoms with E-state index in [1.165, 1.54) is 5.56 Å². The molecule has 2 nitrogen and oxygen atoms in total. The molecule has 0 atom stereocenters. The number of halogens is 1. The quantitative estimate of drug-likeness (QED) is 0.903. The number of Topliss-reactive ketones (excluding diaryl/α,β-unsaturated/α-hetero) is 1. The van der Waals surface area contributed by atoms with Crippen LogP contribution in [0, 0.1) is 0 Å². The first-order chi connectivity index (χ1) is 7.66. The van der Waals surface area contributed by atoms with Crippen molar-refractivity contribution in [3.05, 3.63) is 34.3 Å². The van der Waals surface area contributed by atoms with Gasteiger partial charge in [-0.3, -0.25) is 4.79 Å². The fraction of sp³-hybridized carbons (Fsp3) is 0.462.